The second-order valence-electron chi connectivity index (χ2n) is 8.26. The summed E-state index contributed by atoms with van der Waals surface area (Å²) in [5, 5.41) is 12.0. The van der Waals surface area contributed by atoms with Crippen LogP contribution in [0.5, 0.6) is 5.75 Å². The number of hydrogen-bond acceptors (Lipinski definition) is 6. The van der Waals surface area contributed by atoms with Crippen LogP contribution >= 0.6 is 0 Å². The van der Waals surface area contributed by atoms with E-state index in [9.17, 15) is 19.5 Å². The molecule has 1 aromatic rings. The quantitative estimate of drug-likeness (QED) is 0.565. The Hall–Kier alpha value is -2.65. The summed E-state index contributed by atoms with van der Waals surface area (Å²) >= 11 is 0. The Balaban J connectivity index is 1.16. The number of carbonyl (C=O) groups excluding carboxylic acids is 2. The lowest BCUT2D eigenvalue weighted by molar-refractivity contribution is -0.152. The first-order chi connectivity index (χ1) is 15.0. The van der Waals surface area contributed by atoms with Crippen LogP contribution in [0, 0.1) is 0 Å². The third kappa shape index (κ3) is 5.34. The number of carboxylic acid groups (broad SMARTS) is 1. The van der Waals surface area contributed by atoms with Crippen molar-refractivity contribution < 1.29 is 33.7 Å². The molecule has 3 fully saturated rings. The molecule has 1 atom stereocenters. The lowest BCUT2D eigenvalue weighted by atomic mass is 10.1. The molecule has 2 saturated heterocycles. The largest absolute Gasteiger partial charge is 0.494 e. The molecule has 9 nitrogen and oxygen atoms in total. The third-order valence-electron chi connectivity index (χ3n) is 5.89. The molecule has 1 unspecified atom stereocenters. The van der Waals surface area contributed by atoms with Gasteiger partial charge >= 0.3 is 5.97 Å². The van der Waals surface area contributed by atoms with E-state index in [1.54, 1.807) is 0 Å². The van der Waals surface area contributed by atoms with Gasteiger partial charge in [0, 0.05) is 12.8 Å². The molecule has 2 aliphatic heterocycles. The standard InChI is InChI=1S/C22H28N2O7/c25-19(2-1-9-29-17-7-5-16(6-8-17)15-3-4-15)23-13-20(26)24-14-22(30-10-11-31-22)12-18(24)21(27)28/h5-8,15,18H,1-4,9-14H2,(H,23,25)(H,27,28). The molecule has 168 valence electrons. The van der Waals surface area contributed by atoms with Gasteiger partial charge < -0.3 is 29.5 Å². The van der Waals surface area contributed by atoms with Gasteiger partial charge in [0.15, 0.2) is 5.79 Å². The summed E-state index contributed by atoms with van der Waals surface area (Å²) in [5.41, 5.74) is 1.34. The molecule has 1 saturated carbocycles. The smallest absolute Gasteiger partial charge is 0.326 e. The van der Waals surface area contributed by atoms with Crippen LogP contribution in [0.25, 0.3) is 0 Å². The molecule has 0 bridgehead atoms. The van der Waals surface area contributed by atoms with Crippen molar-refractivity contribution in [2.75, 3.05) is 32.9 Å². The minimum atomic E-state index is -1.11. The molecule has 3 aliphatic rings. The van der Waals surface area contributed by atoms with Crippen molar-refractivity contribution in [2.24, 2.45) is 0 Å². The van der Waals surface area contributed by atoms with E-state index >= 15 is 0 Å². The fourth-order valence-electron chi connectivity index (χ4n) is 4.07. The number of hydrogen-bond donors (Lipinski definition) is 2. The van der Waals surface area contributed by atoms with Gasteiger partial charge in [-0.2, -0.15) is 0 Å². The lowest BCUT2D eigenvalue weighted by Gasteiger charge is -2.23. The first-order valence-electron chi connectivity index (χ1n) is 10.8. The number of likely N-dealkylation sites (tertiary alicyclic amines) is 1. The van der Waals surface area contributed by atoms with Gasteiger partial charge in [-0.3, -0.25) is 9.59 Å². The van der Waals surface area contributed by atoms with Gasteiger partial charge in [-0.05, 0) is 42.9 Å². The predicted octanol–water partition coefficient (Wildman–Crippen LogP) is 1.27. The molecule has 2 N–H and O–H groups in total. The molecule has 2 amide bonds. The summed E-state index contributed by atoms with van der Waals surface area (Å²) in [6, 6.07) is 7.04. The Morgan fingerprint density at radius 1 is 1.16 bits per heavy atom. The van der Waals surface area contributed by atoms with Crippen molar-refractivity contribution in [3.05, 3.63) is 29.8 Å². The topological polar surface area (TPSA) is 114 Å². The Morgan fingerprint density at radius 2 is 1.87 bits per heavy atom. The highest BCUT2D eigenvalue weighted by atomic mass is 16.7. The molecular formula is C22H28N2O7. The summed E-state index contributed by atoms with van der Waals surface area (Å²) in [6.45, 7) is 0.929. The van der Waals surface area contributed by atoms with Crippen molar-refractivity contribution in [3.63, 3.8) is 0 Å². The zero-order valence-corrected chi connectivity index (χ0v) is 17.4. The van der Waals surface area contributed by atoms with E-state index in [0.29, 0.717) is 32.2 Å². The van der Waals surface area contributed by atoms with Crippen LogP contribution in [0.15, 0.2) is 24.3 Å². The number of carboxylic acids is 1. The van der Waals surface area contributed by atoms with Gasteiger partial charge in [0.1, 0.15) is 11.8 Å². The summed E-state index contributed by atoms with van der Waals surface area (Å²) < 4.78 is 16.7. The highest BCUT2D eigenvalue weighted by molar-refractivity contribution is 5.88. The maximum absolute atomic E-state index is 12.5. The normalized spacial score (nSPS) is 21.9. The molecular weight excluding hydrogens is 404 g/mol. The van der Waals surface area contributed by atoms with Crippen LogP contribution in [0.1, 0.15) is 43.6 Å². The van der Waals surface area contributed by atoms with E-state index in [1.165, 1.54) is 23.3 Å². The van der Waals surface area contributed by atoms with E-state index < -0.39 is 23.7 Å². The molecule has 1 aromatic carbocycles. The SMILES string of the molecule is O=C(CCCOc1ccc(C2CC2)cc1)NCC(=O)N1CC2(CC1C(=O)O)OCCO2. The van der Waals surface area contributed by atoms with Crippen molar-refractivity contribution in [1.82, 2.24) is 10.2 Å². The minimum Gasteiger partial charge on any atom is -0.494 e. The fraction of sp³-hybridized carbons (Fsp3) is 0.591. The monoisotopic (exact) mass is 432 g/mol. The Kier molecular flexibility index (Phi) is 6.43. The van der Waals surface area contributed by atoms with Gasteiger partial charge in [-0.15, -0.1) is 0 Å². The molecule has 31 heavy (non-hydrogen) atoms. The van der Waals surface area contributed by atoms with Crippen molar-refractivity contribution in [2.45, 2.75) is 49.9 Å². The van der Waals surface area contributed by atoms with Crippen LogP contribution in [-0.4, -0.2) is 72.5 Å². The van der Waals surface area contributed by atoms with E-state index in [2.05, 4.69) is 17.4 Å². The number of nitrogens with zero attached hydrogens (tertiary/aromatic N) is 1. The molecule has 4 rings (SSSR count). The number of ether oxygens (including phenoxy) is 3. The van der Waals surface area contributed by atoms with Crippen LogP contribution < -0.4 is 10.1 Å². The van der Waals surface area contributed by atoms with Crippen molar-refractivity contribution in [1.29, 1.82) is 0 Å². The average molecular weight is 432 g/mol. The van der Waals surface area contributed by atoms with Crippen LogP contribution in [0.2, 0.25) is 0 Å². The zero-order chi connectivity index (χ0) is 21.8. The second kappa shape index (κ2) is 9.23. The molecule has 0 radical (unpaired) electrons. The number of amides is 2. The number of aliphatic carboxylic acids is 1. The summed E-state index contributed by atoms with van der Waals surface area (Å²) in [6.07, 6.45) is 3.33. The lowest BCUT2D eigenvalue weighted by Crippen LogP contribution is -2.46. The van der Waals surface area contributed by atoms with E-state index in [4.69, 9.17) is 14.2 Å². The van der Waals surface area contributed by atoms with Gasteiger partial charge in [0.25, 0.3) is 0 Å². The molecule has 0 aromatic heterocycles. The Morgan fingerprint density at radius 3 is 2.52 bits per heavy atom. The summed E-state index contributed by atoms with van der Waals surface area (Å²) in [7, 11) is 0. The van der Waals surface area contributed by atoms with E-state index in [-0.39, 0.29) is 31.8 Å². The molecule has 2 heterocycles. The zero-order valence-electron chi connectivity index (χ0n) is 17.4. The average Bonchev–Trinajstić information content (AvgIpc) is 3.40. The minimum absolute atomic E-state index is 0.0477. The Labute approximate surface area is 180 Å². The molecule has 9 heteroatoms. The molecule has 1 spiro atoms. The Bertz CT molecular complexity index is 816. The highest BCUT2D eigenvalue weighted by Crippen LogP contribution is 2.40. The third-order valence-corrected chi connectivity index (χ3v) is 5.89. The van der Waals surface area contributed by atoms with Gasteiger partial charge in [0.05, 0.1) is 32.9 Å². The van der Waals surface area contributed by atoms with Crippen LogP contribution in [0.3, 0.4) is 0 Å². The van der Waals surface area contributed by atoms with Crippen LogP contribution in [0.4, 0.5) is 0 Å². The number of rotatable bonds is 9. The van der Waals surface area contributed by atoms with Gasteiger partial charge in [-0.1, -0.05) is 12.1 Å². The predicted molar refractivity (Wildman–Crippen MR) is 109 cm³/mol. The first kappa shape index (κ1) is 21.6. The number of nitrogens with one attached hydrogen (secondary N) is 1. The molecule has 1 aliphatic carbocycles. The maximum Gasteiger partial charge on any atom is 0.326 e. The number of carbonyl (C=O) groups is 3. The van der Waals surface area contributed by atoms with Crippen molar-refractivity contribution in [3.8, 4) is 5.75 Å². The van der Waals surface area contributed by atoms with Gasteiger partial charge in [0.2, 0.25) is 11.8 Å². The second-order valence-corrected chi connectivity index (χ2v) is 8.26. The summed E-state index contributed by atoms with van der Waals surface area (Å²) in [5.74, 6) is -1.43. The van der Waals surface area contributed by atoms with Gasteiger partial charge in [-0.25, -0.2) is 4.79 Å². The summed E-state index contributed by atoms with van der Waals surface area (Å²) in [4.78, 5) is 37.3. The maximum atomic E-state index is 12.5. The highest BCUT2D eigenvalue weighted by Gasteiger charge is 2.52. The first-order valence-corrected chi connectivity index (χ1v) is 10.8. The van der Waals surface area contributed by atoms with Crippen LogP contribution in [-0.2, 0) is 23.9 Å². The van der Waals surface area contributed by atoms with E-state index in [0.717, 1.165) is 5.75 Å². The van der Waals surface area contributed by atoms with Crippen molar-refractivity contribution >= 4 is 17.8 Å². The van der Waals surface area contributed by atoms with E-state index in [1.807, 2.05) is 12.1 Å². The fourth-order valence-corrected chi connectivity index (χ4v) is 4.07. The number of benzene rings is 1.